The van der Waals surface area contributed by atoms with Gasteiger partial charge in [-0.15, -0.1) is 0 Å². The van der Waals surface area contributed by atoms with E-state index < -0.39 is 0 Å². The van der Waals surface area contributed by atoms with Gasteiger partial charge in [0.1, 0.15) is 0 Å². The molecule has 1 unspecified atom stereocenters. The molecule has 2 heterocycles. The van der Waals surface area contributed by atoms with Crippen molar-refractivity contribution >= 4 is 0 Å². The van der Waals surface area contributed by atoms with Gasteiger partial charge in [0.2, 0.25) is 0 Å². The van der Waals surface area contributed by atoms with Gasteiger partial charge in [0.05, 0.1) is 23.9 Å². The summed E-state index contributed by atoms with van der Waals surface area (Å²) < 4.78 is 11.0. The highest BCUT2D eigenvalue weighted by molar-refractivity contribution is 5.02. The van der Waals surface area contributed by atoms with Crippen LogP contribution in [0.2, 0.25) is 0 Å². The third kappa shape index (κ3) is 3.06. The van der Waals surface area contributed by atoms with Crippen molar-refractivity contribution in [2.24, 2.45) is 0 Å². The normalized spacial score (nSPS) is 23.8. The van der Waals surface area contributed by atoms with E-state index in [-0.39, 0.29) is 5.60 Å². The van der Waals surface area contributed by atoms with Gasteiger partial charge in [-0.25, -0.2) is 0 Å². The third-order valence-corrected chi connectivity index (χ3v) is 2.90. The van der Waals surface area contributed by atoms with Crippen molar-refractivity contribution in [2.45, 2.75) is 51.9 Å². The molecular formula is C12H20N2O2. The Hall–Kier alpha value is -0.870. The molecule has 90 valence electrons. The molecule has 1 aliphatic heterocycles. The van der Waals surface area contributed by atoms with E-state index in [0.29, 0.717) is 6.10 Å². The predicted molar refractivity (Wildman–Crippen MR) is 61.1 cm³/mol. The van der Waals surface area contributed by atoms with Crippen LogP contribution < -0.4 is 5.32 Å². The van der Waals surface area contributed by atoms with Crippen molar-refractivity contribution in [1.29, 1.82) is 0 Å². The SMILES string of the molecule is Cc1cc(CNCC2CCC(C)(C)O2)on1. The summed E-state index contributed by atoms with van der Waals surface area (Å²) in [6, 6.07) is 1.95. The molecule has 4 nitrogen and oxygen atoms in total. The molecule has 1 aliphatic rings. The number of nitrogens with zero attached hydrogens (tertiary/aromatic N) is 1. The van der Waals surface area contributed by atoms with Gasteiger partial charge in [0, 0.05) is 12.6 Å². The number of nitrogens with one attached hydrogen (secondary N) is 1. The van der Waals surface area contributed by atoms with E-state index in [1.165, 1.54) is 0 Å². The summed E-state index contributed by atoms with van der Waals surface area (Å²) in [5, 5.41) is 7.18. The lowest BCUT2D eigenvalue weighted by Crippen LogP contribution is -2.28. The van der Waals surface area contributed by atoms with Crippen molar-refractivity contribution in [3.8, 4) is 0 Å². The summed E-state index contributed by atoms with van der Waals surface area (Å²) >= 11 is 0. The fraction of sp³-hybridized carbons (Fsp3) is 0.750. The van der Waals surface area contributed by atoms with Crippen molar-refractivity contribution in [1.82, 2.24) is 10.5 Å². The molecule has 0 spiro atoms. The zero-order valence-corrected chi connectivity index (χ0v) is 10.2. The van der Waals surface area contributed by atoms with Gasteiger partial charge in [-0.05, 0) is 33.6 Å². The van der Waals surface area contributed by atoms with Crippen LogP contribution in [0.15, 0.2) is 10.6 Å². The molecule has 0 radical (unpaired) electrons. The minimum Gasteiger partial charge on any atom is -0.371 e. The number of hydrogen-bond acceptors (Lipinski definition) is 4. The van der Waals surface area contributed by atoms with Crippen LogP contribution in [0, 0.1) is 6.92 Å². The van der Waals surface area contributed by atoms with Crippen LogP contribution in [-0.2, 0) is 11.3 Å². The number of ether oxygens (including phenoxy) is 1. The summed E-state index contributed by atoms with van der Waals surface area (Å²) in [6.45, 7) is 7.82. The molecule has 2 rings (SSSR count). The van der Waals surface area contributed by atoms with Gasteiger partial charge in [0.25, 0.3) is 0 Å². The summed E-state index contributed by atoms with van der Waals surface area (Å²) in [7, 11) is 0. The second-order valence-corrected chi connectivity index (χ2v) is 5.10. The Morgan fingerprint density at radius 3 is 2.94 bits per heavy atom. The largest absolute Gasteiger partial charge is 0.371 e. The maximum absolute atomic E-state index is 5.88. The van der Waals surface area contributed by atoms with E-state index in [1.807, 2.05) is 13.0 Å². The van der Waals surface area contributed by atoms with Crippen LogP contribution in [0.5, 0.6) is 0 Å². The van der Waals surface area contributed by atoms with Crippen molar-refractivity contribution < 1.29 is 9.26 Å². The van der Waals surface area contributed by atoms with Gasteiger partial charge in [-0.3, -0.25) is 0 Å². The topological polar surface area (TPSA) is 47.3 Å². The van der Waals surface area contributed by atoms with Crippen molar-refractivity contribution in [3.63, 3.8) is 0 Å². The average Bonchev–Trinajstić information content (AvgIpc) is 2.73. The summed E-state index contributed by atoms with van der Waals surface area (Å²) in [4.78, 5) is 0. The number of rotatable bonds is 4. The Morgan fingerprint density at radius 1 is 1.56 bits per heavy atom. The summed E-state index contributed by atoms with van der Waals surface area (Å²) in [5.74, 6) is 0.884. The Kier molecular flexibility index (Phi) is 3.30. The second kappa shape index (κ2) is 4.55. The van der Waals surface area contributed by atoms with Crippen LogP contribution >= 0.6 is 0 Å². The smallest absolute Gasteiger partial charge is 0.150 e. The summed E-state index contributed by atoms with van der Waals surface area (Å²) in [6.07, 6.45) is 2.61. The van der Waals surface area contributed by atoms with Crippen LogP contribution in [-0.4, -0.2) is 23.4 Å². The maximum atomic E-state index is 5.88. The van der Waals surface area contributed by atoms with E-state index in [0.717, 1.165) is 37.4 Å². The van der Waals surface area contributed by atoms with Gasteiger partial charge in [-0.1, -0.05) is 5.16 Å². The second-order valence-electron chi connectivity index (χ2n) is 5.10. The lowest BCUT2D eigenvalue weighted by Gasteiger charge is -2.19. The van der Waals surface area contributed by atoms with Gasteiger partial charge in [0.15, 0.2) is 5.76 Å². The number of aromatic nitrogens is 1. The molecule has 0 aromatic carbocycles. The lowest BCUT2D eigenvalue weighted by molar-refractivity contribution is -0.0144. The highest BCUT2D eigenvalue weighted by Gasteiger charge is 2.31. The van der Waals surface area contributed by atoms with Gasteiger partial charge < -0.3 is 14.6 Å². The molecule has 0 saturated carbocycles. The monoisotopic (exact) mass is 224 g/mol. The molecular weight excluding hydrogens is 204 g/mol. The van der Waals surface area contributed by atoms with Crippen molar-refractivity contribution in [2.75, 3.05) is 6.54 Å². The fourth-order valence-electron chi connectivity index (χ4n) is 2.08. The maximum Gasteiger partial charge on any atom is 0.150 e. The minimum absolute atomic E-state index is 0.0508. The zero-order valence-electron chi connectivity index (χ0n) is 10.2. The number of aryl methyl sites for hydroxylation is 1. The minimum atomic E-state index is 0.0508. The standard InChI is InChI=1S/C12H20N2O2/c1-9-6-11(16-14-9)8-13-7-10-4-5-12(2,3)15-10/h6,10,13H,4-5,7-8H2,1-3H3. The highest BCUT2D eigenvalue weighted by atomic mass is 16.5. The number of hydrogen-bond donors (Lipinski definition) is 1. The molecule has 1 N–H and O–H groups in total. The first-order valence-electron chi connectivity index (χ1n) is 5.86. The Bertz CT molecular complexity index is 347. The molecule has 0 amide bonds. The molecule has 1 aromatic rings. The van der Waals surface area contributed by atoms with Crippen LogP contribution in [0.25, 0.3) is 0 Å². The van der Waals surface area contributed by atoms with Crippen LogP contribution in [0.3, 0.4) is 0 Å². The lowest BCUT2D eigenvalue weighted by atomic mass is 10.1. The quantitative estimate of drug-likeness (QED) is 0.850. The van der Waals surface area contributed by atoms with E-state index in [2.05, 4.69) is 24.3 Å². The van der Waals surface area contributed by atoms with Crippen LogP contribution in [0.4, 0.5) is 0 Å². The average molecular weight is 224 g/mol. The third-order valence-electron chi connectivity index (χ3n) is 2.90. The van der Waals surface area contributed by atoms with Gasteiger partial charge in [-0.2, -0.15) is 0 Å². The van der Waals surface area contributed by atoms with E-state index >= 15 is 0 Å². The molecule has 1 atom stereocenters. The first kappa shape index (κ1) is 11.6. The molecule has 16 heavy (non-hydrogen) atoms. The molecule has 1 aromatic heterocycles. The van der Waals surface area contributed by atoms with Crippen molar-refractivity contribution in [3.05, 3.63) is 17.5 Å². The molecule has 0 aliphatic carbocycles. The van der Waals surface area contributed by atoms with E-state index in [9.17, 15) is 0 Å². The molecule has 4 heteroatoms. The molecule has 1 saturated heterocycles. The zero-order chi connectivity index (χ0) is 11.6. The molecule has 0 bridgehead atoms. The van der Waals surface area contributed by atoms with Gasteiger partial charge >= 0.3 is 0 Å². The summed E-state index contributed by atoms with van der Waals surface area (Å²) in [5.41, 5.74) is 0.977. The molecule has 1 fully saturated rings. The van der Waals surface area contributed by atoms with Crippen LogP contribution in [0.1, 0.15) is 38.1 Å². The van der Waals surface area contributed by atoms with E-state index in [4.69, 9.17) is 9.26 Å². The Labute approximate surface area is 96.3 Å². The Morgan fingerprint density at radius 2 is 2.38 bits per heavy atom. The Balaban J connectivity index is 1.69. The fourth-order valence-corrected chi connectivity index (χ4v) is 2.08. The van der Waals surface area contributed by atoms with E-state index in [1.54, 1.807) is 0 Å². The highest BCUT2D eigenvalue weighted by Crippen LogP contribution is 2.28. The first-order valence-corrected chi connectivity index (χ1v) is 5.86. The predicted octanol–water partition coefficient (Wildman–Crippen LogP) is 2.03. The first-order chi connectivity index (χ1) is 7.55.